The summed E-state index contributed by atoms with van der Waals surface area (Å²) in [6, 6.07) is 3.51. The lowest BCUT2D eigenvalue weighted by atomic mass is 9.99. The Hall–Kier alpha value is -1.75. The van der Waals surface area contributed by atoms with Crippen LogP contribution in [0, 0.1) is 5.92 Å². The summed E-state index contributed by atoms with van der Waals surface area (Å²) in [5.74, 6) is -1.69. The maximum Gasteiger partial charge on any atom is 0.326 e. The Labute approximate surface area is 116 Å². The maximum absolute atomic E-state index is 12.0. The van der Waals surface area contributed by atoms with Crippen LogP contribution in [0.5, 0.6) is 0 Å². The number of anilines is 1. The molecule has 0 aliphatic heterocycles. The molecule has 0 spiro atoms. The molecule has 104 valence electrons. The summed E-state index contributed by atoms with van der Waals surface area (Å²) in [6.45, 7) is 3.64. The fourth-order valence-electron chi connectivity index (χ4n) is 1.58. The number of amides is 1. The fourth-order valence-corrected chi connectivity index (χ4v) is 1.76. The highest BCUT2D eigenvalue weighted by Gasteiger charge is 2.25. The first-order chi connectivity index (χ1) is 8.86. The van der Waals surface area contributed by atoms with Crippen LogP contribution in [0.2, 0.25) is 5.02 Å². The molecule has 0 radical (unpaired) electrons. The number of carboxylic acids is 1. The Balaban J connectivity index is 2.87. The highest BCUT2D eigenvalue weighted by molar-refractivity contribution is 6.33. The maximum atomic E-state index is 12.0. The van der Waals surface area contributed by atoms with Crippen molar-refractivity contribution in [2.24, 2.45) is 5.92 Å². The number of hydrogen-bond donors (Lipinski definition) is 3. The van der Waals surface area contributed by atoms with Gasteiger partial charge in [-0.1, -0.05) is 31.9 Å². The van der Waals surface area contributed by atoms with Crippen LogP contribution in [0.15, 0.2) is 18.2 Å². The minimum Gasteiger partial charge on any atom is -0.480 e. The van der Waals surface area contributed by atoms with Gasteiger partial charge in [0.2, 0.25) is 0 Å². The summed E-state index contributed by atoms with van der Waals surface area (Å²) in [7, 11) is 0. The first kappa shape index (κ1) is 15.3. The lowest BCUT2D eigenvalue weighted by Crippen LogP contribution is -2.45. The molecule has 19 heavy (non-hydrogen) atoms. The van der Waals surface area contributed by atoms with Crippen molar-refractivity contribution in [1.29, 1.82) is 0 Å². The van der Waals surface area contributed by atoms with Crippen LogP contribution in [0.25, 0.3) is 0 Å². The number of nitrogens with one attached hydrogen (secondary N) is 1. The van der Waals surface area contributed by atoms with E-state index < -0.39 is 17.9 Å². The molecule has 4 N–H and O–H groups in total. The molecule has 0 aliphatic carbocycles. The van der Waals surface area contributed by atoms with E-state index in [1.165, 1.54) is 18.2 Å². The average molecular weight is 285 g/mol. The van der Waals surface area contributed by atoms with Gasteiger partial charge in [0, 0.05) is 5.56 Å². The van der Waals surface area contributed by atoms with E-state index in [0.717, 1.165) is 0 Å². The zero-order chi connectivity index (χ0) is 14.6. The topological polar surface area (TPSA) is 92.4 Å². The van der Waals surface area contributed by atoms with E-state index in [4.69, 9.17) is 22.4 Å². The van der Waals surface area contributed by atoms with Gasteiger partial charge in [0.05, 0.1) is 10.7 Å². The van der Waals surface area contributed by atoms with Crippen molar-refractivity contribution < 1.29 is 14.7 Å². The molecular formula is C13H17ClN2O3. The molecule has 1 rings (SSSR count). The molecule has 0 saturated carbocycles. The van der Waals surface area contributed by atoms with E-state index in [0.29, 0.717) is 12.1 Å². The Bertz CT molecular complexity index is 491. The molecule has 1 aromatic rings. The molecule has 0 fully saturated rings. The van der Waals surface area contributed by atoms with Gasteiger partial charge in [0.1, 0.15) is 6.04 Å². The number of nitrogens with two attached hydrogens (primary N) is 1. The minimum atomic E-state index is -1.05. The number of rotatable bonds is 5. The average Bonchev–Trinajstić information content (AvgIpc) is 2.37. The first-order valence-electron chi connectivity index (χ1n) is 5.95. The monoisotopic (exact) mass is 284 g/mol. The van der Waals surface area contributed by atoms with Crippen molar-refractivity contribution in [2.45, 2.75) is 26.3 Å². The van der Waals surface area contributed by atoms with Gasteiger partial charge in [0.15, 0.2) is 0 Å². The SMILES string of the molecule is CCC(C)[C@H](NC(=O)c1ccc(N)c(Cl)c1)C(=O)O. The third-order valence-corrected chi connectivity index (χ3v) is 3.36. The molecule has 0 aliphatic rings. The Kier molecular flexibility index (Phi) is 5.18. The smallest absolute Gasteiger partial charge is 0.326 e. The van der Waals surface area contributed by atoms with Crippen LogP contribution in [0.3, 0.4) is 0 Å². The molecule has 0 aromatic heterocycles. The summed E-state index contributed by atoms with van der Waals surface area (Å²) in [5, 5.41) is 11.9. The zero-order valence-electron chi connectivity index (χ0n) is 10.8. The Morgan fingerprint density at radius 1 is 1.47 bits per heavy atom. The number of hydrogen-bond acceptors (Lipinski definition) is 3. The molecule has 1 unspecified atom stereocenters. The van der Waals surface area contributed by atoms with Crippen molar-refractivity contribution in [2.75, 3.05) is 5.73 Å². The van der Waals surface area contributed by atoms with Gasteiger partial charge >= 0.3 is 5.97 Å². The first-order valence-corrected chi connectivity index (χ1v) is 6.33. The number of halogens is 1. The second-order valence-electron chi connectivity index (χ2n) is 4.41. The van der Waals surface area contributed by atoms with Crippen molar-refractivity contribution in [1.82, 2.24) is 5.32 Å². The lowest BCUT2D eigenvalue weighted by molar-refractivity contribution is -0.140. The van der Waals surface area contributed by atoms with Gasteiger partial charge in [0.25, 0.3) is 5.91 Å². The summed E-state index contributed by atoms with van der Waals surface area (Å²) in [5.41, 5.74) is 6.21. The second-order valence-corrected chi connectivity index (χ2v) is 4.82. The lowest BCUT2D eigenvalue weighted by Gasteiger charge is -2.20. The van der Waals surface area contributed by atoms with Gasteiger partial charge in [-0.05, 0) is 24.1 Å². The number of aliphatic carboxylic acids is 1. The van der Waals surface area contributed by atoms with E-state index >= 15 is 0 Å². The van der Waals surface area contributed by atoms with Crippen LogP contribution in [-0.4, -0.2) is 23.0 Å². The van der Waals surface area contributed by atoms with E-state index in [1.807, 2.05) is 6.92 Å². The van der Waals surface area contributed by atoms with Crippen molar-refractivity contribution in [3.63, 3.8) is 0 Å². The second kappa shape index (κ2) is 6.43. The summed E-state index contributed by atoms with van der Waals surface area (Å²) >= 11 is 5.83. The zero-order valence-corrected chi connectivity index (χ0v) is 11.6. The van der Waals surface area contributed by atoms with Crippen LogP contribution >= 0.6 is 11.6 Å². The number of carboxylic acid groups (broad SMARTS) is 1. The standard InChI is InChI=1S/C13H17ClN2O3/c1-3-7(2)11(13(18)19)16-12(17)8-4-5-10(15)9(14)6-8/h4-7,11H,3,15H2,1-2H3,(H,16,17)(H,18,19)/t7?,11-/m0/s1. The third-order valence-electron chi connectivity index (χ3n) is 3.03. The number of nitrogen functional groups attached to an aromatic ring is 1. The van der Waals surface area contributed by atoms with Gasteiger partial charge in [-0.3, -0.25) is 4.79 Å². The van der Waals surface area contributed by atoms with Gasteiger partial charge < -0.3 is 16.2 Å². The number of carbonyl (C=O) groups is 2. The van der Waals surface area contributed by atoms with Crippen molar-refractivity contribution in [3.05, 3.63) is 28.8 Å². The molecule has 0 bridgehead atoms. The van der Waals surface area contributed by atoms with E-state index in [1.54, 1.807) is 6.92 Å². The third kappa shape index (κ3) is 3.86. The van der Waals surface area contributed by atoms with E-state index in [9.17, 15) is 9.59 Å². The molecular weight excluding hydrogens is 268 g/mol. The number of carbonyl (C=O) groups excluding carboxylic acids is 1. The largest absolute Gasteiger partial charge is 0.480 e. The van der Waals surface area contributed by atoms with Gasteiger partial charge in [-0.25, -0.2) is 4.79 Å². The highest BCUT2D eigenvalue weighted by Crippen LogP contribution is 2.20. The van der Waals surface area contributed by atoms with Crippen LogP contribution in [0.4, 0.5) is 5.69 Å². The van der Waals surface area contributed by atoms with Crippen molar-refractivity contribution >= 4 is 29.2 Å². The Morgan fingerprint density at radius 2 is 2.11 bits per heavy atom. The van der Waals surface area contributed by atoms with Crippen LogP contribution in [0.1, 0.15) is 30.6 Å². The summed E-state index contributed by atoms with van der Waals surface area (Å²) in [4.78, 5) is 23.1. The van der Waals surface area contributed by atoms with Gasteiger partial charge in [-0.15, -0.1) is 0 Å². The van der Waals surface area contributed by atoms with Crippen LogP contribution in [-0.2, 0) is 4.79 Å². The molecule has 6 heteroatoms. The molecule has 0 heterocycles. The quantitative estimate of drug-likeness (QED) is 0.722. The molecule has 5 nitrogen and oxygen atoms in total. The summed E-state index contributed by atoms with van der Waals surface area (Å²) in [6.07, 6.45) is 0.653. The number of benzene rings is 1. The van der Waals surface area contributed by atoms with Crippen LogP contribution < -0.4 is 11.1 Å². The molecule has 1 amide bonds. The van der Waals surface area contributed by atoms with Crippen molar-refractivity contribution in [3.8, 4) is 0 Å². The minimum absolute atomic E-state index is 0.161. The Morgan fingerprint density at radius 3 is 2.58 bits per heavy atom. The molecule has 1 aromatic carbocycles. The summed E-state index contributed by atoms with van der Waals surface area (Å²) < 4.78 is 0. The van der Waals surface area contributed by atoms with Gasteiger partial charge in [-0.2, -0.15) is 0 Å². The van der Waals surface area contributed by atoms with E-state index in [2.05, 4.69) is 5.32 Å². The fraction of sp³-hybridized carbons (Fsp3) is 0.385. The highest BCUT2D eigenvalue weighted by atomic mass is 35.5. The van der Waals surface area contributed by atoms with E-state index in [-0.39, 0.29) is 16.5 Å². The predicted octanol–water partition coefficient (Wildman–Crippen LogP) is 2.15. The predicted molar refractivity (Wildman–Crippen MR) is 74.2 cm³/mol. The molecule has 0 saturated heterocycles. The normalized spacial score (nSPS) is 13.6. The molecule has 2 atom stereocenters.